The molecule has 52 heavy (non-hydrogen) atoms. The largest absolute Gasteiger partial charge is 0.492 e. The van der Waals surface area contributed by atoms with E-state index in [9.17, 15) is 19.2 Å². The van der Waals surface area contributed by atoms with Crippen molar-refractivity contribution in [2.24, 2.45) is 5.92 Å². The van der Waals surface area contributed by atoms with E-state index in [1.165, 1.54) is 0 Å². The minimum Gasteiger partial charge on any atom is -0.492 e. The summed E-state index contributed by atoms with van der Waals surface area (Å²) in [5.41, 5.74) is 2.78. The van der Waals surface area contributed by atoms with Gasteiger partial charge in [-0.2, -0.15) is 0 Å². The normalized spacial score (nSPS) is 16.0. The minimum absolute atomic E-state index is 0.0805. The van der Waals surface area contributed by atoms with E-state index in [0.717, 1.165) is 39.5 Å². The number of carboxylic acid groups (broad SMARTS) is 1. The smallest absolute Gasteiger partial charge is 0.412 e. The number of nitrogens with one attached hydrogen (secondary N) is 2. The molecule has 14 heteroatoms. The Morgan fingerprint density at radius 2 is 1.77 bits per heavy atom. The van der Waals surface area contributed by atoms with Crippen LogP contribution in [0.1, 0.15) is 41.2 Å². The van der Waals surface area contributed by atoms with Gasteiger partial charge in [0.1, 0.15) is 23.8 Å². The second-order valence-electron chi connectivity index (χ2n) is 13.4. The van der Waals surface area contributed by atoms with Crippen molar-refractivity contribution in [1.82, 2.24) is 20.1 Å². The predicted octanol–water partition coefficient (Wildman–Crippen LogP) is 5.06. The van der Waals surface area contributed by atoms with Crippen LogP contribution >= 0.6 is 11.6 Å². The van der Waals surface area contributed by atoms with Crippen LogP contribution in [-0.2, 0) is 14.3 Å². The summed E-state index contributed by atoms with van der Waals surface area (Å²) < 4.78 is 17.3. The first kappa shape index (κ1) is 36.9. The van der Waals surface area contributed by atoms with Crippen molar-refractivity contribution < 1.29 is 38.5 Å². The summed E-state index contributed by atoms with van der Waals surface area (Å²) in [6.45, 7) is 3.05. The fourth-order valence-electron chi connectivity index (χ4n) is 6.78. The van der Waals surface area contributed by atoms with Gasteiger partial charge in [0.05, 0.1) is 31.2 Å². The number of nitrogens with zero attached hydrogens (tertiary/aromatic N) is 3. The number of amides is 3. The van der Waals surface area contributed by atoms with Gasteiger partial charge in [-0.05, 0) is 62.2 Å². The number of benzene rings is 3. The molecule has 6 rings (SSSR count). The molecule has 3 N–H and O–H groups in total. The molecule has 0 spiro atoms. The second-order valence-corrected chi connectivity index (χ2v) is 13.7. The van der Waals surface area contributed by atoms with Crippen molar-refractivity contribution in [3.63, 3.8) is 0 Å². The Kier molecular flexibility index (Phi) is 11.8. The Morgan fingerprint density at radius 1 is 1.00 bits per heavy atom. The third-order valence-corrected chi connectivity index (χ3v) is 9.94. The van der Waals surface area contributed by atoms with E-state index in [4.69, 9.17) is 30.9 Å². The van der Waals surface area contributed by atoms with Crippen LogP contribution < -0.4 is 19.7 Å². The Bertz CT molecular complexity index is 1940. The van der Waals surface area contributed by atoms with Crippen molar-refractivity contribution in [1.29, 1.82) is 0 Å². The van der Waals surface area contributed by atoms with Crippen LogP contribution in [0.3, 0.4) is 0 Å². The van der Waals surface area contributed by atoms with Gasteiger partial charge in [-0.1, -0.05) is 24.3 Å². The van der Waals surface area contributed by atoms with Crippen LogP contribution in [0.5, 0.6) is 11.5 Å². The topological polar surface area (TPSA) is 154 Å². The molecule has 13 nitrogen and oxygen atoms in total. The summed E-state index contributed by atoms with van der Waals surface area (Å²) in [6.07, 6.45) is 0.393. The number of carbonyl (C=O) groups is 4. The standard InChI is InChI=1S/C38H44ClN5O8/c1-42(2)15-18-51-27-7-8-30-25(19-27)20-31(41-30)36(46)44-23-26(22-39)35-29-6-4-3-5-28(29)33(21-32(35)44)52-38(49)40-12-17-50-16-11-34(45)43-13-9-24(10-14-43)37(47)48/h3-8,19-21,24,26,41H,9-18,22-23H2,1-2H3,(H,40,49)(H,47,48)/t26-/m1/s1. The molecule has 2 aliphatic heterocycles. The van der Waals surface area contributed by atoms with Crippen molar-refractivity contribution in [3.8, 4) is 11.5 Å². The average Bonchev–Trinajstić information content (AvgIpc) is 3.74. The van der Waals surface area contributed by atoms with Gasteiger partial charge in [-0.3, -0.25) is 14.4 Å². The van der Waals surface area contributed by atoms with Crippen LogP contribution in [0, 0.1) is 5.92 Å². The third kappa shape index (κ3) is 8.43. The number of alkyl halides is 1. The number of aromatic nitrogens is 1. The van der Waals surface area contributed by atoms with E-state index in [1.807, 2.05) is 67.5 Å². The highest BCUT2D eigenvalue weighted by Gasteiger charge is 2.36. The Morgan fingerprint density at radius 3 is 2.50 bits per heavy atom. The Balaban J connectivity index is 1.09. The van der Waals surface area contributed by atoms with Gasteiger partial charge in [0.25, 0.3) is 5.91 Å². The van der Waals surface area contributed by atoms with Gasteiger partial charge < -0.3 is 44.3 Å². The van der Waals surface area contributed by atoms with E-state index in [0.29, 0.717) is 62.1 Å². The number of hydrogen-bond acceptors (Lipinski definition) is 8. The molecule has 3 aromatic carbocycles. The first-order valence-electron chi connectivity index (χ1n) is 17.5. The monoisotopic (exact) mass is 733 g/mol. The molecule has 1 fully saturated rings. The zero-order chi connectivity index (χ0) is 36.8. The fourth-order valence-corrected chi connectivity index (χ4v) is 7.03. The lowest BCUT2D eigenvalue weighted by Crippen LogP contribution is -2.40. The quantitative estimate of drug-likeness (QED) is 0.119. The van der Waals surface area contributed by atoms with Gasteiger partial charge in [0.2, 0.25) is 5.91 Å². The van der Waals surface area contributed by atoms with Crippen molar-refractivity contribution in [2.45, 2.75) is 25.2 Å². The Labute approximate surface area is 306 Å². The molecule has 2 aliphatic rings. The Hall–Kier alpha value is -4.85. The van der Waals surface area contributed by atoms with Gasteiger partial charge in [-0.15, -0.1) is 11.6 Å². The number of hydrogen-bond donors (Lipinski definition) is 3. The number of likely N-dealkylation sites (tertiary alicyclic amines) is 1. The molecular formula is C38H44ClN5O8. The summed E-state index contributed by atoms with van der Waals surface area (Å²) in [7, 11) is 3.97. The van der Waals surface area contributed by atoms with E-state index < -0.39 is 18.0 Å². The highest BCUT2D eigenvalue weighted by atomic mass is 35.5. The number of aliphatic carboxylic acids is 1. The van der Waals surface area contributed by atoms with E-state index in [-0.39, 0.29) is 43.9 Å². The van der Waals surface area contributed by atoms with Gasteiger partial charge >= 0.3 is 12.1 Å². The first-order chi connectivity index (χ1) is 25.1. The number of aromatic amines is 1. The number of halogens is 1. The number of piperidine rings is 1. The van der Waals surface area contributed by atoms with Crippen molar-refractivity contribution in [3.05, 3.63) is 65.9 Å². The molecule has 1 aromatic heterocycles. The molecule has 3 amide bonds. The molecule has 0 radical (unpaired) electrons. The van der Waals surface area contributed by atoms with Gasteiger partial charge in [0.15, 0.2) is 0 Å². The van der Waals surface area contributed by atoms with Crippen molar-refractivity contribution >= 4 is 62.8 Å². The lowest BCUT2D eigenvalue weighted by atomic mass is 9.95. The summed E-state index contributed by atoms with van der Waals surface area (Å²) in [5.74, 6) is -0.333. The maximum atomic E-state index is 14.1. The molecular weight excluding hydrogens is 690 g/mol. The molecule has 1 saturated heterocycles. The van der Waals surface area contributed by atoms with Crippen LogP contribution in [0.2, 0.25) is 0 Å². The summed E-state index contributed by atoms with van der Waals surface area (Å²) in [5, 5.41) is 14.3. The summed E-state index contributed by atoms with van der Waals surface area (Å²) >= 11 is 6.47. The highest BCUT2D eigenvalue weighted by molar-refractivity contribution is 6.19. The number of rotatable bonds is 14. The van der Waals surface area contributed by atoms with Crippen LogP contribution in [-0.4, -0.2) is 116 Å². The summed E-state index contributed by atoms with van der Waals surface area (Å²) in [6, 6.07) is 16.8. The number of fused-ring (bicyclic) bond motifs is 4. The van der Waals surface area contributed by atoms with Crippen LogP contribution in [0.4, 0.5) is 10.5 Å². The minimum atomic E-state index is -0.819. The number of anilines is 1. The predicted molar refractivity (Wildman–Crippen MR) is 198 cm³/mol. The first-order valence-corrected chi connectivity index (χ1v) is 18.0. The van der Waals surface area contributed by atoms with E-state index >= 15 is 0 Å². The fraction of sp³-hybridized carbons (Fsp3) is 0.421. The summed E-state index contributed by atoms with van der Waals surface area (Å²) in [4.78, 5) is 59.3. The molecule has 0 bridgehead atoms. The molecule has 0 saturated carbocycles. The molecule has 0 aliphatic carbocycles. The number of carbonyl (C=O) groups excluding carboxylic acids is 3. The van der Waals surface area contributed by atoms with Gasteiger partial charge in [0, 0.05) is 66.9 Å². The second kappa shape index (κ2) is 16.7. The SMILES string of the molecule is CN(C)CCOc1ccc2[nH]c(C(=O)N3C[C@@H](CCl)c4c3cc(OC(=O)NCCOCCC(=O)N3CCC(C(=O)O)CC3)c3ccccc43)cc2c1. The average molecular weight is 734 g/mol. The lowest BCUT2D eigenvalue weighted by molar-refractivity contribution is -0.146. The lowest BCUT2D eigenvalue weighted by Gasteiger charge is -2.30. The maximum absolute atomic E-state index is 14.1. The number of likely N-dealkylation sites (N-methyl/N-ethyl adjacent to an activating group) is 1. The zero-order valence-corrected chi connectivity index (χ0v) is 30.1. The molecule has 276 valence electrons. The van der Waals surface area contributed by atoms with Crippen LogP contribution in [0.15, 0.2) is 54.6 Å². The third-order valence-electron chi connectivity index (χ3n) is 9.57. The number of carboxylic acids is 1. The molecule has 3 heterocycles. The number of ether oxygens (including phenoxy) is 3. The number of H-pyrrole nitrogens is 1. The molecule has 1 atom stereocenters. The molecule has 0 unspecified atom stereocenters. The van der Waals surface area contributed by atoms with Gasteiger partial charge in [-0.25, -0.2) is 4.79 Å². The zero-order valence-electron chi connectivity index (χ0n) is 29.4. The van der Waals surface area contributed by atoms with E-state index in [2.05, 4.69) is 10.3 Å². The maximum Gasteiger partial charge on any atom is 0.412 e. The van der Waals surface area contributed by atoms with Crippen molar-refractivity contribution in [2.75, 3.05) is 77.4 Å². The van der Waals surface area contributed by atoms with Crippen LogP contribution in [0.25, 0.3) is 21.7 Å². The molecule has 4 aromatic rings. The van der Waals surface area contributed by atoms with E-state index in [1.54, 1.807) is 15.9 Å². The highest BCUT2D eigenvalue weighted by Crippen LogP contribution is 2.46.